The van der Waals surface area contributed by atoms with Crippen molar-refractivity contribution in [3.63, 3.8) is 0 Å². The van der Waals surface area contributed by atoms with Crippen LogP contribution in [0.15, 0.2) is 23.7 Å². The average Bonchev–Trinajstić information content (AvgIpc) is 2.51. The third kappa shape index (κ3) is 1.53. The van der Waals surface area contributed by atoms with Gasteiger partial charge in [0.15, 0.2) is 0 Å². The maximum atomic E-state index is 10.5. The number of para-hydroxylation sites is 1. The van der Waals surface area contributed by atoms with E-state index in [9.17, 15) is 4.79 Å². The molecule has 0 aliphatic carbocycles. The van der Waals surface area contributed by atoms with Crippen molar-refractivity contribution in [1.29, 1.82) is 0 Å². The van der Waals surface area contributed by atoms with Gasteiger partial charge in [0.2, 0.25) is 0 Å². The lowest BCUT2D eigenvalue weighted by molar-refractivity contribution is -0.136. The Balaban J connectivity index is 2.54. The number of fused-ring (bicyclic) bond motifs is 1. The van der Waals surface area contributed by atoms with Crippen molar-refractivity contribution in [1.82, 2.24) is 4.98 Å². The number of rotatable bonds is 2. The monoisotopic (exact) mass is 193 g/mol. The molecule has 3 nitrogen and oxygen atoms in total. The Hall–Kier alpha value is -1.42. The zero-order chi connectivity index (χ0) is 9.26. The number of benzene rings is 1. The van der Waals surface area contributed by atoms with E-state index in [2.05, 4.69) is 4.98 Å². The van der Waals surface area contributed by atoms with E-state index >= 15 is 0 Å². The average molecular weight is 193 g/mol. The minimum absolute atomic E-state index is 0.0427. The molecule has 0 bridgehead atoms. The van der Waals surface area contributed by atoms with Crippen LogP contribution in [0.4, 0.5) is 0 Å². The van der Waals surface area contributed by atoms with E-state index in [4.69, 9.17) is 5.11 Å². The Morgan fingerprint density at radius 2 is 2.38 bits per heavy atom. The molecule has 0 amide bonds. The second kappa shape index (κ2) is 3.14. The van der Waals surface area contributed by atoms with Crippen LogP contribution in [0.5, 0.6) is 0 Å². The fourth-order valence-corrected chi connectivity index (χ4v) is 1.98. The zero-order valence-corrected chi connectivity index (χ0v) is 7.54. The lowest BCUT2D eigenvalue weighted by Gasteiger charge is -1.96. The summed E-state index contributed by atoms with van der Waals surface area (Å²) < 4.78 is 1.04. The van der Waals surface area contributed by atoms with Gasteiger partial charge in [-0.05, 0) is 11.6 Å². The maximum absolute atomic E-state index is 10.5. The Bertz CT molecular complexity index is 450. The van der Waals surface area contributed by atoms with Crippen molar-refractivity contribution in [2.75, 3.05) is 0 Å². The molecular formula is C9H7NO2S. The first-order valence-electron chi connectivity index (χ1n) is 3.80. The smallest absolute Gasteiger partial charge is 0.307 e. The summed E-state index contributed by atoms with van der Waals surface area (Å²) in [5.74, 6) is -0.819. The van der Waals surface area contributed by atoms with E-state index in [-0.39, 0.29) is 6.42 Å². The van der Waals surface area contributed by atoms with Crippen LogP contribution >= 0.6 is 11.3 Å². The minimum Gasteiger partial charge on any atom is -0.481 e. The molecule has 66 valence electrons. The molecule has 2 aromatic rings. The molecule has 0 fully saturated rings. The van der Waals surface area contributed by atoms with Crippen LogP contribution in [0.25, 0.3) is 10.2 Å². The molecule has 1 aromatic carbocycles. The number of nitrogens with zero attached hydrogens (tertiary/aromatic N) is 1. The molecular weight excluding hydrogens is 186 g/mol. The van der Waals surface area contributed by atoms with Gasteiger partial charge in [0.05, 0.1) is 22.1 Å². The van der Waals surface area contributed by atoms with Gasteiger partial charge in [-0.15, -0.1) is 11.3 Å². The second-order valence-corrected chi connectivity index (χ2v) is 3.57. The highest BCUT2D eigenvalue weighted by Crippen LogP contribution is 2.21. The third-order valence-corrected chi connectivity index (χ3v) is 2.58. The van der Waals surface area contributed by atoms with Gasteiger partial charge in [0, 0.05) is 0 Å². The zero-order valence-electron chi connectivity index (χ0n) is 6.73. The van der Waals surface area contributed by atoms with Gasteiger partial charge >= 0.3 is 5.97 Å². The number of thiazole rings is 1. The van der Waals surface area contributed by atoms with Gasteiger partial charge in [-0.1, -0.05) is 12.1 Å². The summed E-state index contributed by atoms with van der Waals surface area (Å²) in [6.45, 7) is 0. The highest BCUT2D eigenvalue weighted by atomic mass is 32.1. The molecule has 0 radical (unpaired) electrons. The van der Waals surface area contributed by atoms with Crippen molar-refractivity contribution in [3.8, 4) is 0 Å². The molecule has 0 unspecified atom stereocenters. The standard InChI is InChI=1S/C9H7NO2S/c11-8(12)4-6-2-1-3-7-9(6)10-5-13-7/h1-3,5H,4H2,(H,11,12). The van der Waals surface area contributed by atoms with Crippen LogP contribution in [0, 0.1) is 0 Å². The van der Waals surface area contributed by atoms with Crippen molar-refractivity contribution in [2.45, 2.75) is 6.42 Å². The van der Waals surface area contributed by atoms with Crippen LogP contribution in [-0.4, -0.2) is 16.1 Å². The summed E-state index contributed by atoms with van der Waals surface area (Å²) in [5.41, 5.74) is 3.33. The summed E-state index contributed by atoms with van der Waals surface area (Å²) in [6.07, 6.45) is 0.0427. The topological polar surface area (TPSA) is 50.2 Å². The largest absolute Gasteiger partial charge is 0.481 e. The highest BCUT2D eigenvalue weighted by Gasteiger charge is 2.06. The lowest BCUT2D eigenvalue weighted by atomic mass is 10.1. The third-order valence-electron chi connectivity index (χ3n) is 1.79. The molecule has 0 aliphatic rings. The first kappa shape index (κ1) is 8.19. The van der Waals surface area contributed by atoms with Gasteiger partial charge in [0.1, 0.15) is 0 Å². The molecule has 0 spiro atoms. The van der Waals surface area contributed by atoms with Gasteiger partial charge in [-0.3, -0.25) is 4.79 Å². The number of carboxylic acids is 1. The molecule has 1 N–H and O–H groups in total. The SMILES string of the molecule is O=C(O)Cc1cccc2scnc12. The molecule has 0 saturated carbocycles. The Morgan fingerprint density at radius 1 is 1.54 bits per heavy atom. The molecule has 0 atom stereocenters. The van der Waals surface area contributed by atoms with Gasteiger partial charge in [-0.25, -0.2) is 4.98 Å². The Kier molecular flexibility index (Phi) is 1.98. The molecule has 0 saturated heterocycles. The molecule has 13 heavy (non-hydrogen) atoms. The fraction of sp³-hybridized carbons (Fsp3) is 0.111. The van der Waals surface area contributed by atoms with Gasteiger partial charge in [0.25, 0.3) is 0 Å². The summed E-state index contributed by atoms with van der Waals surface area (Å²) >= 11 is 1.52. The predicted octanol–water partition coefficient (Wildman–Crippen LogP) is 1.92. The first-order valence-corrected chi connectivity index (χ1v) is 4.68. The predicted molar refractivity (Wildman–Crippen MR) is 51.0 cm³/mol. The number of hydrogen-bond acceptors (Lipinski definition) is 3. The number of carbonyl (C=O) groups is 1. The lowest BCUT2D eigenvalue weighted by Crippen LogP contribution is -2.00. The minimum atomic E-state index is -0.819. The van der Waals surface area contributed by atoms with E-state index in [1.165, 1.54) is 11.3 Å². The normalized spacial score (nSPS) is 10.5. The van der Waals surface area contributed by atoms with Crippen molar-refractivity contribution < 1.29 is 9.90 Å². The molecule has 1 aromatic heterocycles. The number of carboxylic acid groups (broad SMARTS) is 1. The van der Waals surface area contributed by atoms with Crippen LogP contribution in [0.2, 0.25) is 0 Å². The van der Waals surface area contributed by atoms with Crippen LogP contribution < -0.4 is 0 Å². The van der Waals surface area contributed by atoms with E-state index in [0.717, 1.165) is 15.8 Å². The Labute approximate surface area is 78.7 Å². The molecule has 2 rings (SSSR count). The van der Waals surface area contributed by atoms with Gasteiger partial charge in [-0.2, -0.15) is 0 Å². The van der Waals surface area contributed by atoms with E-state index in [1.54, 1.807) is 11.6 Å². The summed E-state index contributed by atoms with van der Waals surface area (Å²) in [6, 6.07) is 5.60. The Morgan fingerprint density at radius 3 is 3.15 bits per heavy atom. The van der Waals surface area contributed by atoms with E-state index in [0.29, 0.717) is 0 Å². The fourth-order valence-electron chi connectivity index (χ4n) is 1.25. The number of hydrogen-bond donors (Lipinski definition) is 1. The van der Waals surface area contributed by atoms with Crippen molar-refractivity contribution in [2.24, 2.45) is 0 Å². The van der Waals surface area contributed by atoms with E-state index < -0.39 is 5.97 Å². The maximum Gasteiger partial charge on any atom is 0.307 e. The first-order chi connectivity index (χ1) is 6.27. The van der Waals surface area contributed by atoms with Crippen molar-refractivity contribution >= 4 is 27.5 Å². The van der Waals surface area contributed by atoms with Crippen LogP contribution in [-0.2, 0) is 11.2 Å². The van der Waals surface area contributed by atoms with Crippen molar-refractivity contribution in [3.05, 3.63) is 29.3 Å². The van der Waals surface area contributed by atoms with Crippen LogP contribution in [0.1, 0.15) is 5.56 Å². The second-order valence-electron chi connectivity index (χ2n) is 2.69. The van der Waals surface area contributed by atoms with Crippen LogP contribution in [0.3, 0.4) is 0 Å². The summed E-state index contributed by atoms with van der Waals surface area (Å²) in [4.78, 5) is 14.6. The quantitative estimate of drug-likeness (QED) is 0.792. The number of aromatic nitrogens is 1. The molecule has 4 heteroatoms. The number of aliphatic carboxylic acids is 1. The molecule has 1 heterocycles. The van der Waals surface area contributed by atoms with Gasteiger partial charge < -0.3 is 5.11 Å². The summed E-state index contributed by atoms with van der Waals surface area (Å²) in [5, 5.41) is 8.64. The van der Waals surface area contributed by atoms with E-state index in [1.807, 2.05) is 12.1 Å². The highest BCUT2D eigenvalue weighted by molar-refractivity contribution is 7.16. The summed E-state index contributed by atoms with van der Waals surface area (Å²) in [7, 11) is 0. The molecule has 0 aliphatic heterocycles.